The van der Waals surface area contributed by atoms with Crippen LogP contribution >= 0.6 is 0 Å². The van der Waals surface area contributed by atoms with E-state index in [2.05, 4.69) is 25.0 Å². The summed E-state index contributed by atoms with van der Waals surface area (Å²) in [7, 11) is 1.96. The van der Waals surface area contributed by atoms with E-state index in [0.29, 0.717) is 12.3 Å². The van der Waals surface area contributed by atoms with E-state index in [0.717, 1.165) is 43.5 Å². The first-order chi connectivity index (χ1) is 10.0. The van der Waals surface area contributed by atoms with Gasteiger partial charge < -0.3 is 4.90 Å². The SMILES string of the molecule is CC(C)C1CCN(C(=O)Cc2cc(C3CC3)nn2C)CC1. The summed E-state index contributed by atoms with van der Waals surface area (Å²) in [4.78, 5) is 14.5. The van der Waals surface area contributed by atoms with E-state index in [9.17, 15) is 4.79 Å². The van der Waals surface area contributed by atoms with Crippen molar-refractivity contribution in [3.05, 3.63) is 17.5 Å². The van der Waals surface area contributed by atoms with E-state index in [1.807, 2.05) is 16.6 Å². The molecule has 2 fully saturated rings. The summed E-state index contributed by atoms with van der Waals surface area (Å²) >= 11 is 0. The molecule has 0 unspecified atom stereocenters. The molecule has 0 N–H and O–H groups in total. The van der Waals surface area contributed by atoms with Crippen LogP contribution in [0.5, 0.6) is 0 Å². The van der Waals surface area contributed by atoms with Gasteiger partial charge in [0.25, 0.3) is 0 Å². The predicted molar refractivity (Wildman–Crippen MR) is 83.0 cm³/mol. The number of aromatic nitrogens is 2. The summed E-state index contributed by atoms with van der Waals surface area (Å²) < 4.78 is 1.90. The molecule has 1 saturated heterocycles. The molecule has 4 nitrogen and oxygen atoms in total. The van der Waals surface area contributed by atoms with Gasteiger partial charge in [0.05, 0.1) is 12.1 Å². The highest BCUT2D eigenvalue weighted by molar-refractivity contribution is 5.78. The maximum atomic E-state index is 12.5. The minimum absolute atomic E-state index is 0.266. The van der Waals surface area contributed by atoms with Gasteiger partial charge in [-0.15, -0.1) is 0 Å². The van der Waals surface area contributed by atoms with Crippen LogP contribution in [0.1, 0.15) is 56.8 Å². The Morgan fingerprint density at radius 2 is 1.95 bits per heavy atom. The highest BCUT2D eigenvalue weighted by Gasteiger charge is 2.28. The number of rotatable bonds is 4. The molecule has 0 bridgehead atoms. The Balaban J connectivity index is 1.57. The molecule has 1 aromatic heterocycles. The molecule has 21 heavy (non-hydrogen) atoms. The van der Waals surface area contributed by atoms with Crippen molar-refractivity contribution in [2.45, 2.75) is 51.9 Å². The van der Waals surface area contributed by atoms with Crippen LogP contribution in [0.4, 0.5) is 0 Å². The fraction of sp³-hybridized carbons (Fsp3) is 0.765. The molecule has 0 spiro atoms. The largest absolute Gasteiger partial charge is 0.342 e. The van der Waals surface area contributed by atoms with E-state index in [1.165, 1.54) is 18.5 Å². The quantitative estimate of drug-likeness (QED) is 0.855. The van der Waals surface area contributed by atoms with Crippen LogP contribution in [-0.4, -0.2) is 33.7 Å². The van der Waals surface area contributed by atoms with Crippen LogP contribution in [0.15, 0.2) is 6.07 Å². The number of carbonyl (C=O) groups is 1. The Kier molecular flexibility index (Phi) is 4.05. The number of likely N-dealkylation sites (tertiary alicyclic amines) is 1. The van der Waals surface area contributed by atoms with Gasteiger partial charge in [0.1, 0.15) is 0 Å². The van der Waals surface area contributed by atoms with Crippen LogP contribution in [0.25, 0.3) is 0 Å². The fourth-order valence-electron chi connectivity index (χ4n) is 3.36. The minimum atomic E-state index is 0.266. The van der Waals surface area contributed by atoms with Gasteiger partial charge in [-0.05, 0) is 43.6 Å². The monoisotopic (exact) mass is 289 g/mol. The zero-order chi connectivity index (χ0) is 15.0. The Labute approximate surface area is 127 Å². The number of hydrogen-bond acceptors (Lipinski definition) is 2. The van der Waals surface area contributed by atoms with Gasteiger partial charge in [0, 0.05) is 31.7 Å². The Hall–Kier alpha value is -1.32. The molecule has 0 atom stereocenters. The van der Waals surface area contributed by atoms with Crippen molar-refractivity contribution in [3.8, 4) is 0 Å². The Bertz CT molecular complexity index is 508. The van der Waals surface area contributed by atoms with Crippen molar-refractivity contribution >= 4 is 5.91 Å². The molecule has 1 saturated carbocycles. The summed E-state index contributed by atoms with van der Waals surface area (Å²) in [6.45, 7) is 6.43. The zero-order valence-corrected chi connectivity index (χ0v) is 13.5. The average Bonchev–Trinajstić information content (AvgIpc) is 3.25. The van der Waals surface area contributed by atoms with E-state index in [1.54, 1.807) is 0 Å². The second-order valence-corrected chi connectivity index (χ2v) is 7.10. The average molecular weight is 289 g/mol. The van der Waals surface area contributed by atoms with Crippen molar-refractivity contribution in [1.82, 2.24) is 14.7 Å². The van der Waals surface area contributed by atoms with E-state index < -0.39 is 0 Å². The molecule has 116 valence electrons. The van der Waals surface area contributed by atoms with Gasteiger partial charge in [0.15, 0.2) is 0 Å². The number of hydrogen-bond donors (Lipinski definition) is 0. The lowest BCUT2D eigenvalue weighted by Crippen LogP contribution is -2.40. The molecule has 1 aliphatic heterocycles. The van der Waals surface area contributed by atoms with Gasteiger partial charge in [-0.3, -0.25) is 9.48 Å². The van der Waals surface area contributed by atoms with Crippen molar-refractivity contribution < 1.29 is 4.79 Å². The second kappa shape index (κ2) is 5.82. The molecular formula is C17H27N3O. The molecule has 1 aromatic rings. The molecule has 1 amide bonds. The molecule has 0 radical (unpaired) electrons. The third kappa shape index (κ3) is 3.30. The second-order valence-electron chi connectivity index (χ2n) is 7.10. The van der Waals surface area contributed by atoms with Crippen molar-refractivity contribution in [2.75, 3.05) is 13.1 Å². The van der Waals surface area contributed by atoms with Crippen LogP contribution in [0.3, 0.4) is 0 Å². The smallest absolute Gasteiger partial charge is 0.228 e. The maximum Gasteiger partial charge on any atom is 0.228 e. The summed E-state index contributed by atoms with van der Waals surface area (Å²) in [6, 6.07) is 2.14. The third-order valence-corrected chi connectivity index (χ3v) is 5.16. The zero-order valence-electron chi connectivity index (χ0n) is 13.5. The summed E-state index contributed by atoms with van der Waals surface area (Å²) in [5.74, 6) is 2.44. The lowest BCUT2D eigenvalue weighted by atomic mass is 9.86. The van der Waals surface area contributed by atoms with E-state index in [4.69, 9.17) is 0 Å². The normalized spacial score (nSPS) is 20.3. The molecule has 3 rings (SSSR count). The number of aryl methyl sites for hydroxylation is 1. The topological polar surface area (TPSA) is 38.1 Å². The summed E-state index contributed by atoms with van der Waals surface area (Å²) in [5, 5.41) is 4.55. The molecule has 2 aliphatic rings. The molecule has 0 aromatic carbocycles. The van der Waals surface area contributed by atoms with Gasteiger partial charge in [-0.1, -0.05) is 13.8 Å². The molecule has 4 heteroatoms. The number of piperidine rings is 1. The van der Waals surface area contributed by atoms with Crippen molar-refractivity contribution in [3.63, 3.8) is 0 Å². The molecular weight excluding hydrogens is 262 g/mol. The first-order valence-electron chi connectivity index (χ1n) is 8.35. The first kappa shape index (κ1) is 14.6. The van der Waals surface area contributed by atoms with Crippen LogP contribution in [0, 0.1) is 11.8 Å². The fourth-order valence-corrected chi connectivity index (χ4v) is 3.36. The van der Waals surface area contributed by atoms with E-state index >= 15 is 0 Å². The third-order valence-electron chi connectivity index (χ3n) is 5.16. The van der Waals surface area contributed by atoms with Crippen LogP contribution in [-0.2, 0) is 18.3 Å². The number of carbonyl (C=O) groups excluding carboxylic acids is 1. The molecule has 2 heterocycles. The van der Waals surface area contributed by atoms with Gasteiger partial charge in [-0.2, -0.15) is 5.10 Å². The first-order valence-corrected chi connectivity index (χ1v) is 8.35. The Morgan fingerprint density at radius 3 is 2.52 bits per heavy atom. The molecule has 1 aliphatic carbocycles. The summed E-state index contributed by atoms with van der Waals surface area (Å²) in [5.41, 5.74) is 2.24. The highest BCUT2D eigenvalue weighted by Crippen LogP contribution is 2.39. The van der Waals surface area contributed by atoms with Gasteiger partial charge in [0.2, 0.25) is 5.91 Å². The van der Waals surface area contributed by atoms with Crippen molar-refractivity contribution in [2.24, 2.45) is 18.9 Å². The minimum Gasteiger partial charge on any atom is -0.342 e. The van der Waals surface area contributed by atoms with Crippen LogP contribution < -0.4 is 0 Å². The Morgan fingerprint density at radius 1 is 1.29 bits per heavy atom. The lowest BCUT2D eigenvalue weighted by molar-refractivity contribution is -0.132. The maximum absolute atomic E-state index is 12.5. The summed E-state index contributed by atoms with van der Waals surface area (Å²) in [6.07, 6.45) is 5.33. The van der Waals surface area contributed by atoms with Gasteiger partial charge >= 0.3 is 0 Å². The van der Waals surface area contributed by atoms with Crippen LogP contribution in [0.2, 0.25) is 0 Å². The standard InChI is InChI=1S/C17H27N3O/c1-12(2)13-6-8-20(9-7-13)17(21)11-15-10-16(14-4-5-14)18-19(15)3/h10,12-14H,4-9,11H2,1-3H3. The number of amides is 1. The van der Waals surface area contributed by atoms with E-state index in [-0.39, 0.29) is 5.91 Å². The number of nitrogens with zero attached hydrogens (tertiary/aromatic N) is 3. The highest BCUT2D eigenvalue weighted by atomic mass is 16.2. The lowest BCUT2D eigenvalue weighted by Gasteiger charge is -2.34. The van der Waals surface area contributed by atoms with Crippen molar-refractivity contribution in [1.29, 1.82) is 0 Å². The predicted octanol–water partition coefficient (Wildman–Crippen LogP) is 2.73. The van der Waals surface area contributed by atoms with Gasteiger partial charge in [-0.25, -0.2) is 0 Å².